The largest absolute Gasteiger partial charge is 0.465 e. The molecule has 0 amide bonds. The first-order valence-corrected chi connectivity index (χ1v) is 4.29. The van der Waals surface area contributed by atoms with Crippen LogP contribution >= 0.6 is 38.5 Å². The number of halogens is 2. The van der Waals surface area contributed by atoms with Crippen LogP contribution in [-0.2, 0) is 9.53 Å². The van der Waals surface area contributed by atoms with E-state index in [2.05, 4.69) is 20.7 Å². The summed E-state index contributed by atoms with van der Waals surface area (Å²) in [5.74, 6) is -0.215. The zero-order valence-electron chi connectivity index (χ0n) is 4.36. The van der Waals surface area contributed by atoms with E-state index in [0.29, 0.717) is 6.61 Å². The molecule has 4 heteroatoms. The monoisotopic (exact) mass is 292 g/mol. The number of hydrogen-bond acceptors (Lipinski definition) is 2. The Morgan fingerprint density at radius 2 is 2.50 bits per heavy atom. The summed E-state index contributed by atoms with van der Waals surface area (Å²) >= 11 is 4.99. The van der Waals surface area contributed by atoms with E-state index in [9.17, 15) is 4.79 Å². The standard InChI is InChI=1S/C4H6BrIO2/c1-2-8-4(7)3(5)6/h3H,2H2,1H3/t3-/m1/s1. The van der Waals surface area contributed by atoms with Gasteiger partial charge in [-0.1, -0.05) is 38.5 Å². The molecule has 0 aromatic rings. The Bertz CT molecular complexity index is 84.1. The summed E-state index contributed by atoms with van der Waals surface area (Å²) in [6.45, 7) is 2.23. The second kappa shape index (κ2) is 4.55. The maximum atomic E-state index is 10.5. The van der Waals surface area contributed by atoms with E-state index in [1.54, 1.807) is 6.92 Å². The number of esters is 1. The smallest absolute Gasteiger partial charge is 0.329 e. The molecule has 0 spiro atoms. The number of carbonyl (C=O) groups excluding carboxylic acids is 1. The fourth-order valence-corrected chi connectivity index (χ4v) is 0.517. The molecule has 0 aliphatic carbocycles. The Morgan fingerprint density at radius 3 is 2.62 bits per heavy atom. The van der Waals surface area contributed by atoms with Crippen LogP contribution < -0.4 is 0 Å². The fraction of sp³-hybridized carbons (Fsp3) is 0.750. The van der Waals surface area contributed by atoms with Crippen molar-refractivity contribution in [3.8, 4) is 0 Å². The minimum absolute atomic E-state index is 0.208. The average molecular weight is 293 g/mol. The molecule has 0 saturated heterocycles. The van der Waals surface area contributed by atoms with Gasteiger partial charge in [-0.25, -0.2) is 4.79 Å². The molecule has 0 N–H and O–H groups in total. The zero-order valence-corrected chi connectivity index (χ0v) is 8.10. The third-order valence-corrected chi connectivity index (χ3v) is 1.35. The molecular weight excluding hydrogens is 287 g/mol. The Labute approximate surface area is 70.2 Å². The first-order chi connectivity index (χ1) is 3.68. The van der Waals surface area contributed by atoms with Crippen LogP contribution in [0.15, 0.2) is 0 Å². The van der Waals surface area contributed by atoms with Crippen LogP contribution in [0.3, 0.4) is 0 Å². The van der Waals surface area contributed by atoms with E-state index in [1.807, 2.05) is 22.6 Å². The van der Waals surface area contributed by atoms with Gasteiger partial charge in [0, 0.05) is 0 Å². The number of rotatable bonds is 2. The highest BCUT2D eigenvalue weighted by atomic mass is 127. The van der Waals surface area contributed by atoms with Gasteiger partial charge in [-0.05, 0) is 6.92 Å². The third kappa shape index (κ3) is 3.65. The quantitative estimate of drug-likeness (QED) is 0.440. The van der Waals surface area contributed by atoms with Gasteiger partial charge in [-0.3, -0.25) is 0 Å². The minimum atomic E-state index is -0.215. The summed E-state index contributed by atoms with van der Waals surface area (Å²) in [4.78, 5) is 10.5. The molecule has 0 radical (unpaired) electrons. The van der Waals surface area contributed by atoms with Crippen molar-refractivity contribution in [2.75, 3.05) is 6.61 Å². The molecule has 0 aliphatic rings. The fourth-order valence-electron chi connectivity index (χ4n) is 0.205. The van der Waals surface area contributed by atoms with Crippen LogP contribution in [0.5, 0.6) is 0 Å². The van der Waals surface area contributed by atoms with Gasteiger partial charge in [0.15, 0.2) is 2.83 Å². The topological polar surface area (TPSA) is 26.3 Å². The molecule has 0 unspecified atom stereocenters. The maximum absolute atomic E-state index is 10.5. The molecule has 0 saturated carbocycles. The van der Waals surface area contributed by atoms with Crippen molar-refractivity contribution in [2.24, 2.45) is 0 Å². The summed E-state index contributed by atoms with van der Waals surface area (Å²) < 4.78 is 4.40. The number of alkyl halides is 2. The van der Waals surface area contributed by atoms with E-state index in [0.717, 1.165) is 0 Å². The molecule has 1 atom stereocenters. The lowest BCUT2D eigenvalue weighted by Crippen LogP contribution is -2.10. The summed E-state index contributed by atoms with van der Waals surface area (Å²) in [6.07, 6.45) is 0. The zero-order chi connectivity index (χ0) is 6.57. The lowest BCUT2D eigenvalue weighted by Gasteiger charge is -1.99. The number of hydrogen-bond donors (Lipinski definition) is 0. The Balaban J connectivity index is 3.33. The highest BCUT2D eigenvalue weighted by molar-refractivity contribution is 14.1. The van der Waals surface area contributed by atoms with Crippen molar-refractivity contribution in [3.05, 3.63) is 0 Å². The number of ether oxygens (including phenoxy) is 1. The highest BCUT2D eigenvalue weighted by Gasteiger charge is 2.09. The molecule has 0 heterocycles. The minimum Gasteiger partial charge on any atom is -0.465 e. The first-order valence-electron chi connectivity index (χ1n) is 2.13. The Kier molecular flexibility index (Phi) is 4.94. The van der Waals surface area contributed by atoms with Crippen LogP contribution in [-0.4, -0.2) is 15.4 Å². The number of carbonyl (C=O) groups is 1. The van der Waals surface area contributed by atoms with E-state index < -0.39 is 0 Å². The van der Waals surface area contributed by atoms with E-state index in [4.69, 9.17) is 0 Å². The van der Waals surface area contributed by atoms with Crippen molar-refractivity contribution in [3.63, 3.8) is 0 Å². The lowest BCUT2D eigenvalue weighted by atomic mass is 10.8. The van der Waals surface area contributed by atoms with E-state index in [-0.39, 0.29) is 8.80 Å². The molecule has 2 nitrogen and oxygen atoms in total. The highest BCUT2D eigenvalue weighted by Crippen LogP contribution is 2.09. The van der Waals surface area contributed by atoms with Crippen molar-refractivity contribution in [1.82, 2.24) is 0 Å². The molecule has 0 aliphatic heterocycles. The lowest BCUT2D eigenvalue weighted by molar-refractivity contribution is -0.140. The summed E-state index contributed by atoms with van der Waals surface area (Å²) in [7, 11) is 0. The Morgan fingerprint density at radius 1 is 2.00 bits per heavy atom. The average Bonchev–Trinajstić information content (AvgIpc) is 1.67. The molecule has 0 aromatic carbocycles. The maximum Gasteiger partial charge on any atom is 0.329 e. The van der Waals surface area contributed by atoms with Crippen molar-refractivity contribution in [2.45, 2.75) is 9.76 Å². The van der Waals surface area contributed by atoms with Crippen LogP contribution in [0.25, 0.3) is 0 Å². The van der Waals surface area contributed by atoms with E-state index in [1.165, 1.54) is 0 Å². The van der Waals surface area contributed by atoms with Crippen LogP contribution in [0.1, 0.15) is 6.92 Å². The molecule has 0 rings (SSSR count). The van der Waals surface area contributed by atoms with Gasteiger partial charge in [0.1, 0.15) is 0 Å². The molecule has 48 valence electrons. The van der Waals surface area contributed by atoms with Gasteiger partial charge in [-0.2, -0.15) is 0 Å². The van der Waals surface area contributed by atoms with Gasteiger partial charge in [-0.15, -0.1) is 0 Å². The summed E-state index contributed by atoms with van der Waals surface area (Å²) in [5, 5.41) is 0. The normalized spacial score (nSPS) is 12.9. The van der Waals surface area contributed by atoms with E-state index >= 15 is 0 Å². The molecular formula is C4H6BrIO2. The summed E-state index contributed by atoms with van der Waals surface area (Å²) in [5.41, 5.74) is 0. The van der Waals surface area contributed by atoms with Gasteiger partial charge < -0.3 is 4.74 Å². The molecule has 8 heavy (non-hydrogen) atoms. The van der Waals surface area contributed by atoms with Crippen LogP contribution in [0, 0.1) is 0 Å². The van der Waals surface area contributed by atoms with Crippen LogP contribution in [0.4, 0.5) is 0 Å². The second-order valence-corrected chi connectivity index (χ2v) is 4.93. The predicted octanol–water partition coefficient (Wildman–Crippen LogP) is 1.71. The van der Waals surface area contributed by atoms with Crippen LogP contribution in [0.2, 0.25) is 0 Å². The SMILES string of the molecule is CCOC(=O)[C@H](Br)I. The Hall–Kier alpha value is 0.680. The molecule has 0 bridgehead atoms. The van der Waals surface area contributed by atoms with Crippen molar-refractivity contribution < 1.29 is 9.53 Å². The van der Waals surface area contributed by atoms with Gasteiger partial charge in [0.05, 0.1) is 6.61 Å². The van der Waals surface area contributed by atoms with Crippen molar-refractivity contribution in [1.29, 1.82) is 0 Å². The second-order valence-electron chi connectivity index (χ2n) is 1.05. The van der Waals surface area contributed by atoms with Gasteiger partial charge >= 0.3 is 5.97 Å². The first kappa shape index (κ1) is 8.68. The van der Waals surface area contributed by atoms with Gasteiger partial charge in [0.2, 0.25) is 0 Å². The molecule has 0 aromatic heterocycles. The third-order valence-electron chi connectivity index (χ3n) is 0.465. The summed E-state index contributed by atoms with van der Waals surface area (Å²) in [6, 6.07) is 0. The predicted molar refractivity (Wildman–Crippen MR) is 43.4 cm³/mol. The molecule has 0 fully saturated rings. The van der Waals surface area contributed by atoms with Crippen molar-refractivity contribution >= 4 is 44.5 Å². The van der Waals surface area contributed by atoms with Gasteiger partial charge in [0.25, 0.3) is 0 Å².